The first-order valence-electron chi connectivity index (χ1n) is 5.03. The van der Waals surface area contributed by atoms with E-state index < -0.39 is 18.7 Å². The second kappa shape index (κ2) is 7.06. The standard InChI is InChI=1S/C10H9BrClF3N2O2/c11-9-7(3-6(12)4-16-9)17-8(18)1-2-19-5-10(13,14)15/h3-4H,1-2,5H2,(H,17,18). The molecule has 106 valence electrons. The Balaban J connectivity index is 2.37. The lowest BCUT2D eigenvalue weighted by molar-refractivity contribution is -0.174. The first-order chi connectivity index (χ1) is 8.78. The number of nitrogens with zero attached hydrogens (tertiary/aromatic N) is 1. The van der Waals surface area contributed by atoms with Crippen molar-refractivity contribution < 1.29 is 22.7 Å². The van der Waals surface area contributed by atoms with Crippen LogP contribution in [0.5, 0.6) is 0 Å². The van der Waals surface area contributed by atoms with Crippen molar-refractivity contribution >= 4 is 39.1 Å². The Kier molecular flexibility index (Phi) is 6.02. The van der Waals surface area contributed by atoms with Crippen molar-refractivity contribution in [2.24, 2.45) is 0 Å². The molecule has 0 spiro atoms. The summed E-state index contributed by atoms with van der Waals surface area (Å²) < 4.78 is 40.0. The maximum Gasteiger partial charge on any atom is 0.411 e. The molecule has 1 aromatic rings. The zero-order chi connectivity index (χ0) is 14.5. The fourth-order valence-electron chi connectivity index (χ4n) is 1.08. The number of alkyl halides is 3. The van der Waals surface area contributed by atoms with E-state index in [1.807, 2.05) is 0 Å². The molecule has 0 aromatic carbocycles. The average molecular weight is 362 g/mol. The third-order valence-corrected chi connectivity index (χ3v) is 2.66. The smallest absolute Gasteiger partial charge is 0.372 e. The molecule has 0 aliphatic rings. The van der Waals surface area contributed by atoms with Crippen molar-refractivity contribution in [2.45, 2.75) is 12.6 Å². The molecule has 4 nitrogen and oxygen atoms in total. The highest BCUT2D eigenvalue weighted by Gasteiger charge is 2.27. The van der Waals surface area contributed by atoms with E-state index in [2.05, 4.69) is 31.0 Å². The maximum atomic E-state index is 11.8. The number of carbonyl (C=O) groups is 1. The molecule has 0 aliphatic heterocycles. The third-order valence-electron chi connectivity index (χ3n) is 1.82. The lowest BCUT2D eigenvalue weighted by Crippen LogP contribution is -2.20. The first-order valence-corrected chi connectivity index (χ1v) is 6.20. The molecule has 0 radical (unpaired) electrons. The van der Waals surface area contributed by atoms with E-state index in [4.69, 9.17) is 11.6 Å². The van der Waals surface area contributed by atoms with Crippen LogP contribution in [0.3, 0.4) is 0 Å². The number of amides is 1. The molecule has 0 aliphatic carbocycles. The molecule has 19 heavy (non-hydrogen) atoms. The topological polar surface area (TPSA) is 51.2 Å². The fraction of sp³-hybridized carbons (Fsp3) is 0.400. The van der Waals surface area contributed by atoms with Gasteiger partial charge in [0, 0.05) is 6.20 Å². The van der Waals surface area contributed by atoms with Gasteiger partial charge in [0.05, 0.1) is 23.7 Å². The van der Waals surface area contributed by atoms with E-state index in [0.29, 0.717) is 15.3 Å². The molecule has 1 amide bonds. The van der Waals surface area contributed by atoms with Crippen LogP contribution < -0.4 is 5.32 Å². The van der Waals surface area contributed by atoms with Crippen molar-refractivity contribution in [3.05, 3.63) is 21.9 Å². The SMILES string of the molecule is O=C(CCOCC(F)(F)F)Nc1cc(Cl)cnc1Br. The summed E-state index contributed by atoms with van der Waals surface area (Å²) in [6, 6.07) is 1.47. The van der Waals surface area contributed by atoms with Crippen molar-refractivity contribution in [1.29, 1.82) is 0 Å². The van der Waals surface area contributed by atoms with Gasteiger partial charge in [0.1, 0.15) is 11.2 Å². The van der Waals surface area contributed by atoms with Crippen molar-refractivity contribution in [3.8, 4) is 0 Å². The minimum Gasteiger partial charge on any atom is -0.372 e. The number of carbonyl (C=O) groups excluding carboxylic acids is 1. The number of anilines is 1. The molecule has 1 rings (SSSR count). The van der Waals surface area contributed by atoms with E-state index in [0.717, 1.165) is 0 Å². The van der Waals surface area contributed by atoms with Gasteiger partial charge in [-0.3, -0.25) is 4.79 Å². The largest absolute Gasteiger partial charge is 0.411 e. The minimum absolute atomic E-state index is 0.199. The summed E-state index contributed by atoms with van der Waals surface area (Å²) in [4.78, 5) is 15.3. The highest BCUT2D eigenvalue weighted by atomic mass is 79.9. The van der Waals surface area contributed by atoms with Gasteiger partial charge in [-0.15, -0.1) is 0 Å². The van der Waals surface area contributed by atoms with Crippen LogP contribution in [0.4, 0.5) is 18.9 Å². The molecular formula is C10H9BrClF3N2O2. The summed E-state index contributed by atoms with van der Waals surface area (Å²) in [5.74, 6) is -0.494. The molecule has 1 N–H and O–H groups in total. The van der Waals surface area contributed by atoms with Gasteiger partial charge < -0.3 is 10.1 Å². The molecule has 0 saturated heterocycles. The Morgan fingerprint density at radius 1 is 1.53 bits per heavy atom. The Labute approximate surface area is 120 Å². The van der Waals surface area contributed by atoms with Gasteiger partial charge in [0.15, 0.2) is 0 Å². The summed E-state index contributed by atoms with van der Waals surface area (Å²) in [6.45, 7) is -1.69. The van der Waals surface area contributed by atoms with Gasteiger partial charge in [0.2, 0.25) is 5.91 Å². The monoisotopic (exact) mass is 360 g/mol. The fourth-order valence-corrected chi connectivity index (χ4v) is 1.55. The number of nitrogens with one attached hydrogen (secondary N) is 1. The number of hydrogen-bond donors (Lipinski definition) is 1. The zero-order valence-electron chi connectivity index (χ0n) is 9.43. The number of halogens is 5. The predicted octanol–water partition coefficient (Wildman–Crippen LogP) is 3.41. The molecular weight excluding hydrogens is 352 g/mol. The molecule has 9 heteroatoms. The molecule has 0 saturated carbocycles. The first kappa shape index (κ1) is 16.2. The number of pyridine rings is 1. The Hall–Kier alpha value is -0.860. The van der Waals surface area contributed by atoms with E-state index >= 15 is 0 Å². The van der Waals surface area contributed by atoms with Gasteiger partial charge >= 0.3 is 6.18 Å². The normalized spacial score (nSPS) is 11.4. The second-order valence-corrected chi connectivity index (χ2v) is 4.65. The van der Waals surface area contributed by atoms with Crippen LogP contribution >= 0.6 is 27.5 Å². The van der Waals surface area contributed by atoms with E-state index in [1.165, 1.54) is 12.3 Å². The molecule has 1 aromatic heterocycles. The van der Waals surface area contributed by atoms with Gasteiger partial charge in [-0.1, -0.05) is 11.6 Å². The van der Waals surface area contributed by atoms with Crippen LogP contribution in [0.2, 0.25) is 5.02 Å². The number of rotatable bonds is 5. The summed E-state index contributed by atoms with van der Waals surface area (Å²) in [5, 5.41) is 2.78. The Bertz CT molecular complexity index is 457. The van der Waals surface area contributed by atoms with Gasteiger partial charge in [-0.25, -0.2) is 4.98 Å². The zero-order valence-corrected chi connectivity index (χ0v) is 11.8. The van der Waals surface area contributed by atoms with Gasteiger partial charge in [0.25, 0.3) is 0 Å². The van der Waals surface area contributed by atoms with Crippen LogP contribution in [-0.2, 0) is 9.53 Å². The van der Waals surface area contributed by atoms with Crippen molar-refractivity contribution in [2.75, 3.05) is 18.5 Å². The van der Waals surface area contributed by atoms with Crippen molar-refractivity contribution in [1.82, 2.24) is 4.98 Å². The quantitative estimate of drug-likeness (QED) is 0.646. The lowest BCUT2D eigenvalue weighted by Gasteiger charge is -2.09. The Morgan fingerprint density at radius 2 is 2.21 bits per heavy atom. The van der Waals surface area contributed by atoms with Crippen LogP contribution in [-0.4, -0.2) is 30.3 Å². The van der Waals surface area contributed by atoms with Crippen LogP contribution in [0.1, 0.15) is 6.42 Å². The Morgan fingerprint density at radius 3 is 2.84 bits per heavy atom. The van der Waals surface area contributed by atoms with Gasteiger partial charge in [-0.2, -0.15) is 13.2 Å². The summed E-state index contributed by atoms with van der Waals surface area (Å²) in [6.07, 6.45) is -3.21. The number of ether oxygens (including phenoxy) is 1. The summed E-state index contributed by atoms with van der Waals surface area (Å²) in [5.41, 5.74) is 0.341. The number of hydrogen-bond acceptors (Lipinski definition) is 3. The lowest BCUT2D eigenvalue weighted by atomic mass is 10.3. The highest BCUT2D eigenvalue weighted by molar-refractivity contribution is 9.10. The highest BCUT2D eigenvalue weighted by Crippen LogP contribution is 2.23. The second-order valence-electron chi connectivity index (χ2n) is 3.46. The summed E-state index contributed by atoms with van der Waals surface area (Å²) in [7, 11) is 0. The average Bonchev–Trinajstić information content (AvgIpc) is 2.28. The number of aromatic nitrogens is 1. The third kappa shape index (κ3) is 6.74. The van der Waals surface area contributed by atoms with Crippen LogP contribution in [0, 0.1) is 0 Å². The minimum atomic E-state index is -4.39. The van der Waals surface area contributed by atoms with E-state index in [9.17, 15) is 18.0 Å². The predicted molar refractivity (Wildman–Crippen MR) is 67.1 cm³/mol. The molecule has 0 bridgehead atoms. The van der Waals surface area contributed by atoms with Crippen LogP contribution in [0.25, 0.3) is 0 Å². The molecule has 0 fully saturated rings. The molecule has 0 unspecified atom stereocenters. The van der Waals surface area contributed by atoms with Gasteiger partial charge in [-0.05, 0) is 22.0 Å². The molecule has 1 heterocycles. The maximum absolute atomic E-state index is 11.8. The van der Waals surface area contributed by atoms with Crippen molar-refractivity contribution in [3.63, 3.8) is 0 Å². The molecule has 0 atom stereocenters. The van der Waals surface area contributed by atoms with E-state index in [-0.39, 0.29) is 13.0 Å². The van der Waals surface area contributed by atoms with E-state index in [1.54, 1.807) is 0 Å². The summed E-state index contributed by atoms with van der Waals surface area (Å²) >= 11 is 8.80. The van der Waals surface area contributed by atoms with Crippen LogP contribution in [0.15, 0.2) is 16.9 Å².